The molecule has 0 aromatic carbocycles. The number of nitrogens with zero attached hydrogens (tertiary/aromatic N) is 4. The Balaban J connectivity index is 1.83. The van der Waals surface area contributed by atoms with E-state index in [1.165, 1.54) is 0 Å². The zero-order valence-corrected chi connectivity index (χ0v) is 16.3. The lowest BCUT2D eigenvalue weighted by Gasteiger charge is -2.33. The highest BCUT2D eigenvalue weighted by Crippen LogP contribution is 2.29. The van der Waals surface area contributed by atoms with Crippen LogP contribution in [0.1, 0.15) is 57.7 Å². The van der Waals surface area contributed by atoms with Gasteiger partial charge in [0.15, 0.2) is 5.69 Å². The molecule has 0 aliphatic carbocycles. The van der Waals surface area contributed by atoms with Crippen LogP contribution in [-0.4, -0.2) is 53.2 Å². The Morgan fingerprint density at radius 2 is 2.07 bits per heavy atom. The normalized spacial score (nSPS) is 17.3. The summed E-state index contributed by atoms with van der Waals surface area (Å²) in [4.78, 5) is 23.8. The molecule has 146 valence electrons. The number of carbonyl (C=O) groups is 1. The molecule has 0 spiro atoms. The summed E-state index contributed by atoms with van der Waals surface area (Å²) in [5.41, 5.74) is 2.99. The van der Waals surface area contributed by atoms with Gasteiger partial charge >= 0.3 is 0 Å². The molecular formula is C19H26N4O4. The molecule has 1 fully saturated rings. The lowest BCUT2D eigenvalue weighted by Crippen LogP contribution is -2.40. The fourth-order valence-electron chi connectivity index (χ4n) is 3.54. The zero-order valence-electron chi connectivity index (χ0n) is 16.3. The van der Waals surface area contributed by atoms with Gasteiger partial charge in [0.25, 0.3) is 5.91 Å². The molecule has 3 rings (SSSR count). The Kier molecular flexibility index (Phi) is 6.18. The topological polar surface area (TPSA) is 90.6 Å². The molecule has 1 unspecified atom stereocenters. The minimum atomic E-state index is -0.123. The lowest BCUT2D eigenvalue weighted by molar-refractivity contribution is 0.0690. The molecule has 1 aliphatic rings. The van der Waals surface area contributed by atoms with Crippen molar-refractivity contribution in [1.82, 2.24) is 20.0 Å². The first-order valence-corrected chi connectivity index (χ1v) is 9.09. The number of carbonyl (C=O) groups excluding carboxylic acids is 1. The van der Waals surface area contributed by atoms with Gasteiger partial charge in [0.2, 0.25) is 0 Å². The van der Waals surface area contributed by atoms with Crippen LogP contribution in [-0.2, 0) is 22.7 Å². The largest absolute Gasteiger partial charge is 0.380 e. The summed E-state index contributed by atoms with van der Waals surface area (Å²) in [5, 5.41) is 3.98. The van der Waals surface area contributed by atoms with E-state index in [0.29, 0.717) is 43.3 Å². The van der Waals surface area contributed by atoms with Crippen molar-refractivity contribution in [1.29, 1.82) is 0 Å². The quantitative estimate of drug-likeness (QED) is 0.767. The summed E-state index contributed by atoms with van der Waals surface area (Å²) in [6, 6.07) is 0. The van der Waals surface area contributed by atoms with Gasteiger partial charge in [-0.1, -0.05) is 5.16 Å². The van der Waals surface area contributed by atoms with Crippen molar-refractivity contribution in [2.45, 2.75) is 45.8 Å². The van der Waals surface area contributed by atoms with Crippen LogP contribution in [0.25, 0.3) is 0 Å². The van der Waals surface area contributed by atoms with E-state index in [-0.39, 0.29) is 11.8 Å². The molecule has 27 heavy (non-hydrogen) atoms. The monoisotopic (exact) mass is 374 g/mol. The number of hydrogen-bond donors (Lipinski definition) is 0. The summed E-state index contributed by atoms with van der Waals surface area (Å²) >= 11 is 0. The number of ether oxygens (including phenoxy) is 2. The molecule has 1 saturated heterocycles. The Labute approximate surface area is 158 Å². The van der Waals surface area contributed by atoms with Crippen molar-refractivity contribution in [3.8, 4) is 0 Å². The first-order chi connectivity index (χ1) is 13.0. The number of amides is 1. The van der Waals surface area contributed by atoms with Crippen LogP contribution in [0.2, 0.25) is 0 Å². The van der Waals surface area contributed by atoms with Crippen LogP contribution in [0.5, 0.6) is 0 Å². The number of aromatic nitrogens is 3. The van der Waals surface area contributed by atoms with Crippen LogP contribution in [0.15, 0.2) is 10.7 Å². The van der Waals surface area contributed by atoms with Gasteiger partial charge in [0.05, 0.1) is 24.5 Å². The van der Waals surface area contributed by atoms with Gasteiger partial charge in [0.1, 0.15) is 11.6 Å². The molecule has 0 saturated carbocycles. The molecule has 0 radical (unpaired) electrons. The van der Waals surface area contributed by atoms with E-state index < -0.39 is 0 Å². The van der Waals surface area contributed by atoms with Crippen LogP contribution in [0.3, 0.4) is 0 Å². The second kappa shape index (κ2) is 8.58. The Morgan fingerprint density at radius 1 is 1.30 bits per heavy atom. The number of hydrogen-bond acceptors (Lipinski definition) is 7. The van der Waals surface area contributed by atoms with Crippen LogP contribution < -0.4 is 0 Å². The summed E-state index contributed by atoms with van der Waals surface area (Å²) < 4.78 is 15.7. The molecule has 2 aromatic rings. The van der Waals surface area contributed by atoms with Crippen molar-refractivity contribution in [3.63, 3.8) is 0 Å². The SMILES string of the molecule is COCc1cnc(C)nc1C1CCCN(C(=O)c2noc(C)c2COC)C1. The molecule has 0 bridgehead atoms. The number of likely N-dealkylation sites (tertiary alicyclic amines) is 1. The highest BCUT2D eigenvalue weighted by Gasteiger charge is 2.31. The maximum Gasteiger partial charge on any atom is 0.276 e. The molecule has 1 amide bonds. The van der Waals surface area contributed by atoms with Crippen LogP contribution in [0.4, 0.5) is 0 Å². The molecule has 8 nitrogen and oxygen atoms in total. The summed E-state index contributed by atoms with van der Waals surface area (Å²) in [5.74, 6) is 1.36. The van der Waals surface area contributed by atoms with E-state index in [1.54, 1.807) is 21.1 Å². The number of aryl methyl sites for hydroxylation is 2. The van der Waals surface area contributed by atoms with Gasteiger partial charge < -0.3 is 18.9 Å². The Bertz CT molecular complexity index is 805. The van der Waals surface area contributed by atoms with Crippen molar-refractivity contribution in [2.75, 3.05) is 27.3 Å². The smallest absolute Gasteiger partial charge is 0.276 e. The third-order valence-corrected chi connectivity index (χ3v) is 4.89. The summed E-state index contributed by atoms with van der Waals surface area (Å²) in [7, 11) is 3.25. The zero-order chi connectivity index (χ0) is 19.4. The minimum Gasteiger partial charge on any atom is -0.380 e. The average Bonchev–Trinajstić information content (AvgIpc) is 3.04. The van der Waals surface area contributed by atoms with E-state index in [4.69, 9.17) is 14.0 Å². The molecule has 8 heteroatoms. The van der Waals surface area contributed by atoms with Crippen LogP contribution >= 0.6 is 0 Å². The highest BCUT2D eigenvalue weighted by atomic mass is 16.5. The molecule has 0 N–H and O–H groups in total. The molecular weight excluding hydrogens is 348 g/mol. The maximum atomic E-state index is 13.1. The minimum absolute atomic E-state index is 0.123. The van der Waals surface area contributed by atoms with Crippen molar-refractivity contribution in [2.24, 2.45) is 0 Å². The van der Waals surface area contributed by atoms with E-state index in [9.17, 15) is 4.79 Å². The molecule has 3 heterocycles. The summed E-state index contributed by atoms with van der Waals surface area (Å²) in [6.07, 6.45) is 3.70. The second-order valence-corrected chi connectivity index (χ2v) is 6.85. The molecule has 1 atom stereocenters. The second-order valence-electron chi connectivity index (χ2n) is 6.85. The number of methoxy groups -OCH3 is 2. The fraction of sp³-hybridized carbons (Fsp3) is 0.579. The predicted molar refractivity (Wildman–Crippen MR) is 97.3 cm³/mol. The van der Waals surface area contributed by atoms with Gasteiger partial charge in [-0.3, -0.25) is 4.79 Å². The van der Waals surface area contributed by atoms with E-state index in [1.807, 2.05) is 18.0 Å². The van der Waals surface area contributed by atoms with E-state index in [0.717, 1.165) is 29.9 Å². The third-order valence-electron chi connectivity index (χ3n) is 4.89. The van der Waals surface area contributed by atoms with Gasteiger partial charge in [0, 0.05) is 45.0 Å². The van der Waals surface area contributed by atoms with Crippen molar-refractivity contribution >= 4 is 5.91 Å². The predicted octanol–water partition coefficient (Wildman–Crippen LogP) is 2.39. The first-order valence-electron chi connectivity index (χ1n) is 9.09. The van der Waals surface area contributed by atoms with E-state index in [2.05, 4.69) is 15.1 Å². The summed E-state index contributed by atoms with van der Waals surface area (Å²) in [6.45, 7) is 5.71. The van der Waals surface area contributed by atoms with Crippen LogP contribution in [0, 0.1) is 13.8 Å². The standard InChI is InChI=1S/C19H26N4O4/c1-12-16(11-26-4)18(22-27-12)19(24)23-7-5-6-14(9-23)17-15(10-25-3)8-20-13(2)21-17/h8,14H,5-7,9-11H2,1-4H3. The van der Waals surface area contributed by atoms with E-state index >= 15 is 0 Å². The Morgan fingerprint density at radius 3 is 2.81 bits per heavy atom. The highest BCUT2D eigenvalue weighted by molar-refractivity contribution is 5.93. The third kappa shape index (κ3) is 4.17. The lowest BCUT2D eigenvalue weighted by atomic mass is 9.91. The van der Waals surface area contributed by atoms with Crippen molar-refractivity contribution < 1.29 is 18.8 Å². The number of piperidine rings is 1. The first kappa shape index (κ1) is 19.4. The Hall–Kier alpha value is -2.32. The fourth-order valence-corrected chi connectivity index (χ4v) is 3.54. The maximum absolute atomic E-state index is 13.1. The van der Waals surface area contributed by atoms with Gasteiger partial charge in [-0.15, -0.1) is 0 Å². The number of rotatable bonds is 6. The van der Waals surface area contributed by atoms with Gasteiger partial charge in [-0.2, -0.15) is 0 Å². The molecule has 1 aliphatic heterocycles. The van der Waals surface area contributed by atoms with Gasteiger partial charge in [-0.05, 0) is 26.7 Å². The van der Waals surface area contributed by atoms with Crippen molar-refractivity contribution in [3.05, 3.63) is 40.3 Å². The molecule has 2 aromatic heterocycles. The average molecular weight is 374 g/mol. The van der Waals surface area contributed by atoms with Gasteiger partial charge in [-0.25, -0.2) is 9.97 Å².